The molecule has 8 heteroatoms. The Morgan fingerprint density at radius 3 is 2.27 bits per heavy atom. The molecule has 0 saturated heterocycles. The van der Waals surface area contributed by atoms with Gasteiger partial charge in [-0.3, -0.25) is 9.59 Å². The standard InChI is InChI=1S/C22H20FNO5S/c1-11-6-17(12(2)13(3)22(11)30(24,28)29)21(27)19-8-14(9-20(25)26)7-15-4-5-16(23)10-18(15)19/h4-8,10H,9H2,1-3H3,(H,25,26)(H2,24,28,29). The second kappa shape index (κ2) is 7.62. The summed E-state index contributed by atoms with van der Waals surface area (Å²) >= 11 is 0. The van der Waals surface area contributed by atoms with E-state index in [1.54, 1.807) is 26.8 Å². The van der Waals surface area contributed by atoms with E-state index in [0.717, 1.165) is 0 Å². The summed E-state index contributed by atoms with van der Waals surface area (Å²) in [7, 11) is -3.98. The Hall–Kier alpha value is -3.10. The molecule has 0 heterocycles. The Morgan fingerprint density at radius 1 is 1.00 bits per heavy atom. The number of rotatable bonds is 5. The van der Waals surface area contributed by atoms with Crippen LogP contribution in [0.4, 0.5) is 4.39 Å². The molecule has 0 aliphatic heterocycles. The van der Waals surface area contributed by atoms with Crippen molar-refractivity contribution in [3.63, 3.8) is 0 Å². The molecule has 0 fully saturated rings. The number of aliphatic carboxylic acids is 1. The van der Waals surface area contributed by atoms with Crippen LogP contribution in [0, 0.1) is 26.6 Å². The van der Waals surface area contributed by atoms with Crippen molar-refractivity contribution in [2.24, 2.45) is 5.14 Å². The van der Waals surface area contributed by atoms with Gasteiger partial charge in [-0.05, 0) is 78.1 Å². The largest absolute Gasteiger partial charge is 0.481 e. The molecule has 30 heavy (non-hydrogen) atoms. The zero-order chi connectivity index (χ0) is 22.4. The minimum Gasteiger partial charge on any atom is -0.481 e. The molecule has 0 unspecified atom stereocenters. The minimum absolute atomic E-state index is 0.0351. The third-order valence-corrected chi connectivity index (χ3v) is 6.33. The lowest BCUT2D eigenvalue weighted by Crippen LogP contribution is -2.18. The van der Waals surface area contributed by atoms with Gasteiger partial charge in [0, 0.05) is 11.1 Å². The van der Waals surface area contributed by atoms with Crippen molar-refractivity contribution in [2.45, 2.75) is 32.1 Å². The topological polar surface area (TPSA) is 115 Å². The number of sulfonamides is 1. The maximum absolute atomic E-state index is 13.9. The Bertz CT molecular complexity index is 1330. The molecule has 3 rings (SSSR count). The van der Waals surface area contributed by atoms with Gasteiger partial charge < -0.3 is 5.11 Å². The molecule has 156 valence electrons. The molecular weight excluding hydrogens is 409 g/mol. The molecule has 6 nitrogen and oxygen atoms in total. The number of carboxylic acid groups (broad SMARTS) is 1. The Kier molecular flexibility index (Phi) is 5.49. The van der Waals surface area contributed by atoms with Crippen molar-refractivity contribution in [3.05, 3.63) is 75.6 Å². The predicted molar refractivity (Wildman–Crippen MR) is 111 cm³/mol. The van der Waals surface area contributed by atoms with Gasteiger partial charge in [0.05, 0.1) is 11.3 Å². The van der Waals surface area contributed by atoms with E-state index in [-0.39, 0.29) is 22.4 Å². The number of ketones is 1. The van der Waals surface area contributed by atoms with E-state index in [0.29, 0.717) is 33.0 Å². The Morgan fingerprint density at radius 2 is 1.67 bits per heavy atom. The van der Waals surface area contributed by atoms with Crippen LogP contribution in [-0.2, 0) is 21.2 Å². The van der Waals surface area contributed by atoms with Gasteiger partial charge in [0.1, 0.15) is 5.82 Å². The number of carbonyl (C=O) groups is 2. The van der Waals surface area contributed by atoms with E-state index in [9.17, 15) is 22.4 Å². The molecular formula is C22H20FNO5S. The van der Waals surface area contributed by atoms with E-state index in [1.165, 1.54) is 30.3 Å². The summed E-state index contributed by atoms with van der Waals surface area (Å²) in [4.78, 5) is 24.6. The minimum atomic E-state index is -3.98. The number of fused-ring (bicyclic) bond motifs is 1. The number of carboxylic acids is 1. The number of hydrogen-bond acceptors (Lipinski definition) is 4. The van der Waals surface area contributed by atoms with E-state index in [2.05, 4.69) is 0 Å². The first-order valence-corrected chi connectivity index (χ1v) is 10.6. The van der Waals surface area contributed by atoms with E-state index < -0.39 is 27.6 Å². The van der Waals surface area contributed by atoms with Crippen molar-refractivity contribution in [1.82, 2.24) is 0 Å². The van der Waals surface area contributed by atoms with Crippen LogP contribution in [0.2, 0.25) is 0 Å². The number of carbonyl (C=O) groups excluding carboxylic acids is 1. The molecule has 0 aliphatic rings. The Balaban J connectivity index is 2.29. The molecule has 0 aromatic heterocycles. The van der Waals surface area contributed by atoms with Crippen LogP contribution < -0.4 is 5.14 Å². The average Bonchev–Trinajstić information content (AvgIpc) is 2.62. The van der Waals surface area contributed by atoms with Gasteiger partial charge >= 0.3 is 5.97 Å². The SMILES string of the molecule is Cc1cc(C(=O)c2cc(CC(=O)O)cc3ccc(F)cc23)c(C)c(C)c1S(N)(=O)=O. The van der Waals surface area contributed by atoms with Crippen molar-refractivity contribution in [2.75, 3.05) is 0 Å². The molecule has 3 aromatic carbocycles. The zero-order valence-corrected chi connectivity index (χ0v) is 17.4. The first-order chi connectivity index (χ1) is 13.9. The van der Waals surface area contributed by atoms with Crippen LogP contribution in [0.15, 0.2) is 41.3 Å². The summed E-state index contributed by atoms with van der Waals surface area (Å²) in [6.07, 6.45) is -0.297. The summed E-state index contributed by atoms with van der Waals surface area (Å²) in [5.41, 5.74) is 1.91. The van der Waals surface area contributed by atoms with Crippen molar-refractivity contribution >= 4 is 32.5 Å². The zero-order valence-electron chi connectivity index (χ0n) is 16.6. The van der Waals surface area contributed by atoms with Gasteiger partial charge in [0.2, 0.25) is 10.0 Å². The van der Waals surface area contributed by atoms with Crippen molar-refractivity contribution in [3.8, 4) is 0 Å². The second-order valence-corrected chi connectivity index (χ2v) is 8.77. The molecule has 0 spiro atoms. The normalized spacial score (nSPS) is 11.6. The molecule has 3 aromatic rings. The molecule has 3 N–H and O–H groups in total. The third kappa shape index (κ3) is 3.96. The third-order valence-electron chi connectivity index (χ3n) is 5.13. The number of aryl methyl sites for hydroxylation is 1. The van der Waals surface area contributed by atoms with Gasteiger partial charge in [-0.25, -0.2) is 17.9 Å². The van der Waals surface area contributed by atoms with Crippen LogP contribution in [0.5, 0.6) is 0 Å². The van der Waals surface area contributed by atoms with Crippen LogP contribution in [0.25, 0.3) is 10.8 Å². The smallest absolute Gasteiger partial charge is 0.307 e. The maximum Gasteiger partial charge on any atom is 0.307 e. The predicted octanol–water partition coefficient (Wildman–Crippen LogP) is 3.41. The second-order valence-electron chi connectivity index (χ2n) is 7.27. The molecule has 0 radical (unpaired) electrons. The van der Waals surface area contributed by atoms with Gasteiger partial charge in [-0.2, -0.15) is 0 Å². The van der Waals surface area contributed by atoms with E-state index in [4.69, 9.17) is 10.2 Å². The molecule has 0 atom stereocenters. The maximum atomic E-state index is 13.9. The van der Waals surface area contributed by atoms with Crippen LogP contribution in [0.1, 0.15) is 38.2 Å². The number of benzene rings is 3. The van der Waals surface area contributed by atoms with Gasteiger partial charge in [0.25, 0.3) is 0 Å². The van der Waals surface area contributed by atoms with E-state index >= 15 is 0 Å². The number of hydrogen-bond donors (Lipinski definition) is 2. The van der Waals surface area contributed by atoms with Crippen LogP contribution in [0.3, 0.4) is 0 Å². The summed E-state index contributed by atoms with van der Waals surface area (Å²) in [5, 5.41) is 15.3. The summed E-state index contributed by atoms with van der Waals surface area (Å²) < 4.78 is 37.8. The monoisotopic (exact) mass is 429 g/mol. The molecule has 0 amide bonds. The van der Waals surface area contributed by atoms with Gasteiger partial charge in [0.15, 0.2) is 5.78 Å². The molecule has 0 aliphatic carbocycles. The fourth-order valence-electron chi connectivity index (χ4n) is 3.73. The highest BCUT2D eigenvalue weighted by Gasteiger charge is 2.23. The number of primary sulfonamides is 1. The average molecular weight is 429 g/mol. The summed E-state index contributed by atoms with van der Waals surface area (Å²) in [6, 6.07) is 8.44. The van der Waals surface area contributed by atoms with Crippen molar-refractivity contribution < 1.29 is 27.5 Å². The Labute approximate surface area is 173 Å². The van der Waals surface area contributed by atoms with Crippen LogP contribution >= 0.6 is 0 Å². The van der Waals surface area contributed by atoms with Gasteiger partial charge in [-0.1, -0.05) is 12.1 Å². The number of halogens is 1. The first-order valence-electron chi connectivity index (χ1n) is 9.02. The first kappa shape index (κ1) is 21.6. The lowest BCUT2D eigenvalue weighted by Gasteiger charge is -2.16. The highest BCUT2D eigenvalue weighted by molar-refractivity contribution is 7.89. The lowest BCUT2D eigenvalue weighted by molar-refractivity contribution is -0.136. The van der Waals surface area contributed by atoms with Gasteiger partial charge in [-0.15, -0.1) is 0 Å². The van der Waals surface area contributed by atoms with E-state index in [1.807, 2.05) is 0 Å². The highest BCUT2D eigenvalue weighted by atomic mass is 32.2. The summed E-state index contributed by atoms with van der Waals surface area (Å²) in [5.74, 6) is -2.05. The molecule has 0 bridgehead atoms. The fraction of sp³-hybridized carbons (Fsp3) is 0.182. The lowest BCUT2D eigenvalue weighted by atomic mass is 9.90. The van der Waals surface area contributed by atoms with Crippen molar-refractivity contribution in [1.29, 1.82) is 0 Å². The fourth-order valence-corrected chi connectivity index (χ4v) is 4.82. The quantitative estimate of drug-likeness (QED) is 0.603. The van der Waals surface area contributed by atoms with Crippen LogP contribution in [-0.4, -0.2) is 25.3 Å². The summed E-state index contributed by atoms with van der Waals surface area (Å²) in [6.45, 7) is 4.72. The highest BCUT2D eigenvalue weighted by Crippen LogP contribution is 2.30. The number of nitrogens with two attached hydrogens (primary N) is 1. The molecule has 0 saturated carbocycles.